The van der Waals surface area contributed by atoms with E-state index in [2.05, 4.69) is 4.98 Å². The van der Waals surface area contributed by atoms with Gasteiger partial charge in [-0.3, -0.25) is 0 Å². The molecular weight excluding hydrogens is 222 g/mol. The van der Waals surface area contributed by atoms with Gasteiger partial charge in [-0.25, -0.2) is 9.78 Å². The predicted molar refractivity (Wildman–Crippen MR) is 63.2 cm³/mol. The van der Waals surface area contributed by atoms with E-state index in [4.69, 9.17) is 5.11 Å². The summed E-state index contributed by atoms with van der Waals surface area (Å²) in [5.41, 5.74) is 3.08. The standard InChI is InChI=1S/C12H7NO2S/c14-12(15)7-1-2-10-8(5-7)9-6-16-4-3-11(9)13-10/h1-6H,(H,14,15). The van der Waals surface area contributed by atoms with Crippen molar-refractivity contribution in [2.45, 2.75) is 0 Å². The fourth-order valence-electron chi connectivity index (χ4n) is 1.77. The Morgan fingerprint density at radius 3 is 3.00 bits per heavy atom. The van der Waals surface area contributed by atoms with Crippen molar-refractivity contribution in [1.29, 1.82) is 0 Å². The maximum atomic E-state index is 10.9. The van der Waals surface area contributed by atoms with Gasteiger partial charge in [-0.15, -0.1) is 0 Å². The molecule has 2 aliphatic heterocycles. The molecule has 0 saturated heterocycles. The summed E-state index contributed by atoms with van der Waals surface area (Å²) in [7, 11) is 0. The highest BCUT2D eigenvalue weighted by molar-refractivity contribution is 7.08. The van der Waals surface area contributed by atoms with Crippen LogP contribution in [0.5, 0.6) is 0 Å². The zero-order chi connectivity index (χ0) is 11.1. The van der Waals surface area contributed by atoms with Crippen LogP contribution in [0.1, 0.15) is 10.4 Å². The van der Waals surface area contributed by atoms with Crippen LogP contribution >= 0.6 is 11.3 Å². The van der Waals surface area contributed by atoms with Gasteiger partial charge in [0.05, 0.1) is 16.8 Å². The molecule has 0 atom stereocenters. The average Bonchev–Trinajstić information content (AvgIpc) is 2.66. The molecule has 0 saturated carbocycles. The summed E-state index contributed by atoms with van der Waals surface area (Å²) in [6, 6.07) is 6.96. The highest BCUT2D eigenvalue weighted by Crippen LogP contribution is 2.32. The van der Waals surface area contributed by atoms with E-state index in [1.807, 2.05) is 16.8 Å². The highest BCUT2D eigenvalue weighted by atomic mass is 32.1. The van der Waals surface area contributed by atoms with Gasteiger partial charge in [0.15, 0.2) is 0 Å². The van der Waals surface area contributed by atoms with Crippen LogP contribution in [-0.2, 0) is 0 Å². The lowest BCUT2D eigenvalue weighted by Gasteiger charge is -1.96. The smallest absolute Gasteiger partial charge is 0.335 e. The number of carboxylic acids is 1. The van der Waals surface area contributed by atoms with Gasteiger partial charge < -0.3 is 5.11 Å². The summed E-state index contributed by atoms with van der Waals surface area (Å²) >= 11 is 1.58. The van der Waals surface area contributed by atoms with Crippen molar-refractivity contribution < 1.29 is 9.90 Å². The molecule has 3 rings (SSSR count). The number of fused-ring (bicyclic) bond motifs is 3. The van der Waals surface area contributed by atoms with Gasteiger partial charge in [-0.2, -0.15) is 11.3 Å². The van der Waals surface area contributed by atoms with Crippen molar-refractivity contribution in [1.82, 2.24) is 4.98 Å². The number of aromatic nitrogens is 1. The zero-order valence-corrected chi connectivity index (χ0v) is 8.99. The molecule has 2 aliphatic rings. The van der Waals surface area contributed by atoms with Crippen LogP contribution in [-0.4, -0.2) is 16.1 Å². The van der Waals surface area contributed by atoms with Gasteiger partial charge in [0.1, 0.15) is 0 Å². The van der Waals surface area contributed by atoms with Crippen LogP contribution in [0, 0.1) is 0 Å². The number of hydrogen-bond donors (Lipinski definition) is 1. The van der Waals surface area contributed by atoms with Crippen LogP contribution < -0.4 is 0 Å². The van der Waals surface area contributed by atoms with Gasteiger partial charge in [0, 0.05) is 16.3 Å². The Morgan fingerprint density at radius 1 is 1.31 bits per heavy atom. The Hall–Kier alpha value is -1.94. The van der Waals surface area contributed by atoms with Crippen LogP contribution in [0.4, 0.5) is 0 Å². The summed E-state index contributed by atoms with van der Waals surface area (Å²) in [5, 5.41) is 13.8. The predicted octanol–water partition coefficient (Wildman–Crippen LogP) is 3.10. The lowest BCUT2D eigenvalue weighted by Crippen LogP contribution is -1.94. The molecule has 0 fully saturated rings. The summed E-state index contributed by atoms with van der Waals surface area (Å²) in [5.74, 6) is -0.907. The number of carbonyl (C=O) groups is 1. The van der Waals surface area contributed by atoms with Gasteiger partial charge in [0.2, 0.25) is 0 Å². The molecule has 78 valence electrons. The van der Waals surface area contributed by atoms with Crippen LogP contribution in [0.25, 0.3) is 22.2 Å². The molecule has 0 unspecified atom stereocenters. The minimum Gasteiger partial charge on any atom is -0.478 e. The van der Waals surface area contributed by atoms with E-state index < -0.39 is 5.97 Å². The second kappa shape index (κ2) is 3.28. The monoisotopic (exact) mass is 229 g/mol. The maximum Gasteiger partial charge on any atom is 0.335 e. The molecule has 2 heterocycles. The molecule has 0 radical (unpaired) electrons. The largest absolute Gasteiger partial charge is 0.478 e. The summed E-state index contributed by atoms with van der Waals surface area (Å²) in [6.45, 7) is 0. The van der Waals surface area contributed by atoms with Gasteiger partial charge in [0.25, 0.3) is 0 Å². The number of nitrogens with zero attached hydrogens (tertiary/aromatic N) is 1. The molecule has 0 bridgehead atoms. The first-order valence-corrected chi connectivity index (χ1v) is 5.69. The molecule has 1 aromatic carbocycles. The van der Waals surface area contributed by atoms with Crippen molar-refractivity contribution in [2.24, 2.45) is 0 Å². The van der Waals surface area contributed by atoms with Crippen molar-refractivity contribution in [2.75, 3.05) is 0 Å². The highest BCUT2D eigenvalue weighted by Gasteiger charge is 2.13. The Bertz CT molecular complexity index is 659. The number of aromatic carboxylic acids is 1. The molecule has 1 aromatic rings. The number of hydrogen-bond acceptors (Lipinski definition) is 3. The first-order valence-electron chi connectivity index (χ1n) is 4.75. The minimum absolute atomic E-state index is 0.302. The number of carboxylic acid groups (broad SMARTS) is 1. The molecule has 0 spiro atoms. The topological polar surface area (TPSA) is 50.2 Å². The van der Waals surface area contributed by atoms with E-state index in [1.54, 1.807) is 29.5 Å². The normalized spacial score (nSPS) is 11.0. The second-order valence-corrected chi connectivity index (χ2v) is 4.28. The zero-order valence-electron chi connectivity index (χ0n) is 8.18. The molecular formula is C12H7NO2S. The van der Waals surface area contributed by atoms with Crippen molar-refractivity contribution in [3.05, 3.63) is 40.6 Å². The van der Waals surface area contributed by atoms with Gasteiger partial charge in [-0.1, -0.05) is 0 Å². The average molecular weight is 229 g/mol. The number of rotatable bonds is 1. The summed E-state index contributed by atoms with van der Waals surface area (Å²) in [6.07, 6.45) is 0. The lowest BCUT2D eigenvalue weighted by atomic mass is 10.1. The van der Waals surface area contributed by atoms with E-state index in [1.165, 1.54) is 0 Å². The number of benzene rings is 1. The SMILES string of the molecule is O=C(O)c1ccc2nc3ccscc-3c2c1. The Morgan fingerprint density at radius 2 is 2.19 bits per heavy atom. The van der Waals surface area contributed by atoms with E-state index in [0.29, 0.717) is 5.56 Å². The molecule has 0 amide bonds. The van der Waals surface area contributed by atoms with E-state index in [0.717, 1.165) is 22.2 Å². The Kier molecular flexibility index (Phi) is 1.91. The first-order chi connectivity index (χ1) is 7.75. The van der Waals surface area contributed by atoms with E-state index in [9.17, 15) is 4.79 Å². The fourth-order valence-corrected chi connectivity index (χ4v) is 2.44. The van der Waals surface area contributed by atoms with Crippen LogP contribution in [0.3, 0.4) is 0 Å². The van der Waals surface area contributed by atoms with Crippen molar-refractivity contribution in [3.63, 3.8) is 0 Å². The van der Waals surface area contributed by atoms with Crippen LogP contribution in [0.2, 0.25) is 0 Å². The molecule has 1 N–H and O–H groups in total. The molecule has 4 heteroatoms. The van der Waals surface area contributed by atoms with Crippen molar-refractivity contribution >= 4 is 28.2 Å². The third-order valence-electron chi connectivity index (χ3n) is 2.54. The third-order valence-corrected chi connectivity index (χ3v) is 3.21. The quantitative estimate of drug-likeness (QED) is 0.697. The van der Waals surface area contributed by atoms with Gasteiger partial charge >= 0.3 is 5.97 Å². The summed E-state index contributed by atoms with van der Waals surface area (Å²) in [4.78, 5) is 15.3. The fraction of sp³-hybridized carbons (Fsp3) is 0. The molecule has 0 aromatic heterocycles. The van der Waals surface area contributed by atoms with E-state index in [-0.39, 0.29) is 0 Å². The second-order valence-electron chi connectivity index (χ2n) is 3.50. The lowest BCUT2D eigenvalue weighted by molar-refractivity contribution is 0.0697. The van der Waals surface area contributed by atoms with E-state index >= 15 is 0 Å². The Balaban J connectivity index is 2.39. The minimum atomic E-state index is -0.907. The summed E-state index contributed by atoms with van der Waals surface area (Å²) < 4.78 is 0. The first kappa shape index (κ1) is 9.30. The third kappa shape index (κ3) is 1.27. The van der Waals surface area contributed by atoms with Crippen molar-refractivity contribution in [3.8, 4) is 11.3 Å². The Labute approximate surface area is 95.3 Å². The van der Waals surface area contributed by atoms with Gasteiger partial charge in [-0.05, 0) is 29.6 Å². The molecule has 3 nitrogen and oxygen atoms in total. The molecule has 0 aliphatic carbocycles. The van der Waals surface area contributed by atoms with Crippen LogP contribution in [0.15, 0.2) is 35.0 Å². The maximum absolute atomic E-state index is 10.9. The molecule has 16 heavy (non-hydrogen) atoms.